The van der Waals surface area contributed by atoms with E-state index in [0.717, 1.165) is 5.06 Å². The normalized spacial score (nSPS) is 11.6. The van der Waals surface area contributed by atoms with Gasteiger partial charge >= 0.3 is 12.2 Å². The van der Waals surface area contributed by atoms with Crippen molar-refractivity contribution in [1.29, 1.82) is 0 Å². The predicted molar refractivity (Wildman–Crippen MR) is 90.5 cm³/mol. The number of benzene rings is 1. The summed E-state index contributed by atoms with van der Waals surface area (Å²) in [6, 6.07) is 6.80. The molecule has 0 aliphatic rings. The van der Waals surface area contributed by atoms with Crippen molar-refractivity contribution in [3.63, 3.8) is 0 Å². The third-order valence-electron chi connectivity index (χ3n) is 2.41. The summed E-state index contributed by atoms with van der Waals surface area (Å²) >= 11 is 5.84. The minimum absolute atomic E-state index is 0.00528. The van der Waals surface area contributed by atoms with Gasteiger partial charge in [0, 0.05) is 5.02 Å². The van der Waals surface area contributed by atoms with Gasteiger partial charge < -0.3 is 9.47 Å². The molecule has 1 amide bonds. The van der Waals surface area contributed by atoms with Crippen LogP contribution in [0.15, 0.2) is 24.3 Å². The van der Waals surface area contributed by atoms with Crippen molar-refractivity contribution >= 4 is 23.8 Å². The Bertz CT molecular complexity index is 572. The Balaban J connectivity index is 2.88. The number of carbonyl (C=O) groups is 2. The molecule has 0 bridgehead atoms. The van der Waals surface area contributed by atoms with Crippen LogP contribution in [0.5, 0.6) is 0 Å². The predicted octanol–water partition coefficient (Wildman–Crippen LogP) is 4.94. The van der Waals surface area contributed by atoms with Gasteiger partial charge in [-0.15, -0.1) is 5.06 Å². The molecule has 0 heterocycles. The van der Waals surface area contributed by atoms with E-state index in [2.05, 4.69) is 0 Å². The first kappa shape index (κ1) is 20.1. The van der Waals surface area contributed by atoms with Gasteiger partial charge in [-0.3, -0.25) is 4.84 Å². The summed E-state index contributed by atoms with van der Waals surface area (Å²) in [7, 11) is 0. The van der Waals surface area contributed by atoms with E-state index in [1.165, 1.54) is 0 Å². The first-order valence-corrected chi connectivity index (χ1v) is 7.89. The Labute approximate surface area is 147 Å². The molecular weight excluding hydrogens is 334 g/mol. The SMILES string of the molecule is CC(C)(C)OC(=O)ON(Cc1ccc(Cl)cc1)C(=O)OC(C)(C)C. The molecule has 0 fully saturated rings. The van der Waals surface area contributed by atoms with Crippen LogP contribution in [0.1, 0.15) is 47.1 Å². The summed E-state index contributed by atoms with van der Waals surface area (Å²) in [5.74, 6) is 0. The molecule has 0 unspecified atom stereocenters. The second kappa shape index (κ2) is 7.75. The van der Waals surface area contributed by atoms with Gasteiger partial charge in [0.2, 0.25) is 0 Å². The summed E-state index contributed by atoms with van der Waals surface area (Å²) in [4.78, 5) is 29.2. The summed E-state index contributed by atoms with van der Waals surface area (Å²) in [5.41, 5.74) is -0.752. The number of ether oxygens (including phenoxy) is 2. The molecule has 6 nitrogen and oxygen atoms in total. The molecule has 24 heavy (non-hydrogen) atoms. The highest BCUT2D eigenvalue weighted by atomic mass is 35.5. The monoisotopic (exact) mass is 357 g/mol. The molecule has 0 aromatic heterocycles. The molecule has 0 aliphatic heterocycles. The van der Waals surface area contributed by atoms with Gasteiger partial charge in [0.15, 0.2) is 0 Å². The van der Waals surface area contributed by atoms with Gasteiger partial charge in [-0.05, 0) is 59.2 Å². The zero-order valence-corrected chi connectivity index (χ0v) is 15.6. The summed E-state index contributed by atoms with van der Waals surface area (Å²) in [6.07, 6.45) is -1.77. The van der Waals surface area contributed by atoms with E-state index in [4.69, 9.17) is 25.9 Å². The Kier molecular flexibility index (Phi) is 6.49. The van der Waals surface area contributed by atoms with Crippen LogP contribution in [-0.2, 0) is 20.9 Å². The van der Waals surface area contributed by atoms with Crippen LogP contribution in [0.3, 0.4) is 0 Å². The highest BCUT2D eigenvalue weighted by Gasteiger charge is 2.28. The third kappa shape index (κ3) is 8.06. The van der Waals surface area contributed by atoms with E-state index in [-0.39, 0.29) is 6.54 Å². The smallest absolute Gasteiger partial charge is 0.442 e. The lowest BCUT2D eigenvalue weighted by molar-refractivity contribution is -0.140. The molecule has 0 radical (unpaired) electrons. The molecule has 0 N–H and O–H groups in total. The summed E-state index contributed by atoms with van der Waals surface area (Å²) in [6.45, 7) is 10.3. The van der Waals surface area contributed by atoms with Crippen molar-refractivity contribution in [1.82, 2.24) is 5.06 Å². The van der Waals surface area contributed by atoms with Gasteiger partial charge in [0.05, 0.1) is 6.54 Å². The Hall–Kier alpha value is -1.95. The average molecular weight is 358 g/mol. The molecule has 7 heteroatoms. The lowest BCUT2D eigenvalue weighted by Gasteiger charge is -2.27. The van der Waals surface area contributed by atoms with Crippen molar-refractivity contribution in [2.24, 2.45) is 0 Å². The van der Waals surface area contributed by atoms with E-state index in [1.807, 2.05) is 0 Å². The maximum atomic E-state index is 12.3. The van der Waals surface area contributed by atoms with Crippen LogP contribution in [0.2, 0.25) is 5.02 Å². The van der Waals surface area contributed by atoms with Crippen molar-refractivity contribution in [3.05, 3.63) is 34.9 Å². The largest absolute Gasteiger partial charge is 0.534 e. The number of hydrogen-bond donors (Lipinski definition) is 0. The van der Waals surface area contributed by atoms with E-state index < -0.39 is 23.5 Å². The van der Waals surface area contributed by atoms with Gasteiger partial charge in [-0.2, -0.15) is 0 Å². The number of rotatable bonds is 2. The summed E-state index contributed by atoms with van der Waals surface area (Å²) in [5, 5.41) is 1.39. The average Bonchev–Trinajstić information content (AvgIpc) is 2.36. The van der Waals surface area contributed by atoms with Crippen LogP contribution < -0.4 is 0 Å². The summed E-state index contributed by atoms with van der Waals surface area (Å²) < 4.78 is 10.3. The van der Waals surface area contributed by atoms with Crippen LogP contribution in [0.25, 0.3) is 0 Å². The maximum Gasteiger partial charge on any atom is 0.534 e. The quantitative estimate of drug-likeness (QED) is 0.553. The zero-order valence-electron chi connectivity index (χ0n) is 14.9. The van der Waals surface area contributed by atoms with Gasteiger partial charge in [0.1, 0.15) is 11.2 Å². The van der Waals surface area contributed by atoms with Crippen molar-refractivity contribution in [2.75, 3.05) is 0 Å². The zero-order chi connectivity index (χ0) is 18.5. The molecule has 0 aliphatic carbocycles. The van der Waals surface area contributed by atoms with E-state index in [0.29, 0.717) is 10.6 Å². The van der Waals surface area contributed by atoms with Crippen molar-refractivity contribution in [2.45, 2.75) is 59.3 Å². The van der Waals surface area contributed by atoms with Crippen LogP contribution >= 0.6 is 11.6 Å². The fourth-order valence-corrected chi connectivity index (χ4v) is 1.69. The molecule has 1 aromatic carbocycles. The van der Waals surface area contributed by atoms with E-state index in [9.17, 15) is 9.59 Å². The Morgan fingerprint density at radius 2 is 1.46 bits per heavy atom. The van der Waals surface area contributed by atoms with Crippen LogP contribution in [0, 0.1) is 0 Å². The van der Waals surface area contributed by atoms with Gasteiger partial charge in [-0.1, -0.05) is 23.7 Å². The number of hydroxylamine groups is 2. The molecule has 0 saturated heterocycles. The number of hydrogen-bond acceptors (Lipinski definition) is 5. The van der Waals surface area contributed by atoms with Gasteiger partial charge in [0.25, 0.3) is 0 Å². The minimum atomic E-state index is -0.984. The number of nitrogens with zero attached hydrogens (tertiary/aromatic N) is 1. The first-order chi connectivity index (χ1) is 10.9. The highest BCUT2D eigenvalue weighted by Crippen LogP contribution is 2.17. The lowest BCUT2D eigenvalue weighted by Crippen LogP contribution is -2.39. The second-order valence-corrected chi connectivity index (χ2v) is 7.64. The first-order valence-electron chi connectivity index (χ1n) is 7.52. The third-order valence-corrected chi connectivity index (χ3v) is 2.66. The van der Waals surface area contributed by atoms with E-state index in [1.54, 1.807) is 65.8 Å². The number of halogens is 1. The highest BCUT2D eigenvalue weighted by molar-refractivity contribution is 6.30. The van der Waals surface area contributed by atoms with Crippen LogP contribution in [0.4, 0.5) is 9.59 Å². The van der Waals surface area contributed by atoms with E-state index >= 15 is 0 Å². The maximum absolute atomic E-state index is 12.3. The number of carbonyl (C=O) groups excluding carboxylic acids is 2. The molecule has 1 aromatic rings. The molecule has 0 atom stereocenters. The van der Waals surface area contributed by atoms with Gasteiger partial charge in [-0.25, -0.2) is 9.59 Å². The fourth-order valence-electron chi connectivity index (χ4n) is 1.56. The Morgan fingerprint density at radius 3 is 1.92 bits per heavy atom. The lowest BCUT2D eigenvalue weighted by atomic mass is 10.2. The standard InChI is InChI=1S/C17H24ClNO5/c1-16(2,3)22-14(20)19(24-15(21)23-17(4,5)6)11-12-7-9-13(18)10-8-12/h7-10H,11H2,1-6H3. The molecule has 0 spiro atoms. The van der Waals surface area contributed by atoms with Crippen LogP contribution in [-0.4, -0.2) is 28.5 Å². The topological polar surface area (TPSA) is 65.1 Å². The number of amides is 1. The second-order valence-electron chi connectivity index (χ2n) is 7.20. The molecule has 0 saturated carbocycles. The Morgan fingerprint density at radius 1 is 0.958 bits per heavy atom. The van der Waals surface area contributed by atoms with Crippen molar-refractivity contribution < 1.29 is 23.9 Å². The molecule has 1 rings (SSSR count). The molecular formula is C17H24ClNO5. The van der Waals surface area contributed by atoms with Crippen molar-refractivity contribution in [3.8, 4) is 0 Å². The molecule has 134 valence electrons. The fraction of sp³-hybridized carbons (Fsp3) is 0.529. The minimum Gasteiger partial charge on any atom is -0.442 e.